The molecule has 0 saturated carbocycles. The zero-order valence-corrected chi connectivity index (χ0v) is 42.8. The Balaban J connectivity index is 0.893. The number of rotatable bonds is 8. The maximum absolute atomic E-state index is 3.17. The molecule has 0 bridgehead atoms. The van der Waals surface area contributed by atoms with Gasteiger partial charge in [0.15, 0.2) is 0 Å². The first-order valence-corrected chi connectivity index (χ1v) is 31.3. The molecule has 72 heavy (non-hydrogen) atoms. The number of hydrogen-bond acceptors (Lipinski definition) is 1. The van der Waals surface area contributed by atoms with Crippen LogP contribution in [0.1, 0.15) is 0 Å². The quantitative estimate of drug-likeness (QED) is 0.138. The van der Waals surface area contributed by atoms with Gasteiger partial charge in [0.05, 0.1) is 0 Å². The molecular formula is C68H52N2Si2-2. The number of anilines is 3. The van der Waals surface area contributed by atoms with Crippen LogP contribution >= 0.6 is 0 Å². The second kappa shape index (κ2) is 16.5. The van der Waals surface area contributed by atoms with E-state index in [9.17, 15) is 0 Å². The van der Waals surface area contributed by atoms with Crippen LogP contribution in [0.15, 0.2) is 267 Å². The molecule has 0 aliphatic carbocycles. The number of aromatic nitrogens is 1. The first-order valence-electron chi connectivity index (χ1n) is 25.5. The Morgan fingerprint density at radius 1 is 0.306 bits per heavy atom. The summed E-state index contributed by atoms with van der Waals surface area (Å²) in [5.41, 5.74) is 17.4. The molecule has 0 fully saturated rings. The SMILES string of the molecule is C[SiH-]1(C)c2ccccc2-c2ccc(-n3c4ccccc4c4cc(-c5ccc(N(c6ccc(-c7ccccc7)cc6)c6ccc7c(c6)[SiH-](c6ccccc6)(c6ccccc6)c6ccccc6-7)cc5)ccc43)cc21. The normalized spacial score (nSPS) is 14.5. The van der Waals surface area contributed by atoms with E-state index in [1.165, 1.54) is 92.7 Å². The minimum absolute atomic E-state index is 1.11. The van der Waals surface area contributed by atoms with E-state index in [1.807, 2.05) is 0 Å². The van der Waals surface area contributed by atoms with Gasteiger partial charge in [0, 0.05) is 0 Å². The van der Waals surface area contributed by atoms with Gasteiger partial charge in [-0.3, -0.25) is 0 Å². The first-order chi connectivity index (χ1) is 35.5. The van der Waals surface area contributed by atoms with Gasteiger partial charge < -0.3 is 0 Å². The molecule has 0 atom stereocenters. The molecule has 0 N–H and O–H groups in total. The summed E-state index contributed by atoms with van der Waals surface area (Å²) in [4.78, 5) is 2.46. The van der Waals surface area contributed by atoms with Gasteiger partial charge in [-0.2, -0.15) is 0 Å². The Labute approximate surface area is 423 Å². The summed E-state index contributed by atoms with van der Waals surface area (Å²) in [6.45, 7) is 5.06. The van der Waals surface area contributed by atoms with E-state index < -0.39 is 16.1 Å². The van der Waals surface area contributed by atoms with Crippen molar-refractivity contribution in [3.05, 3.63) is 267 Å². The van der Waals surface area contributed by atoms with Gasteiger partial charge in [-0.15, -0.1) is 0 Å². The van der Waals surface area contributed by atoms with Crippen molar-refractivity contribution in [1.82, 2.24) is 4.57 Å². The Hall–Kier alpha value is -8.55. The summed E-state index contributed by atoms with van der Waals surface area (Å²) in [5, 5.41) is 11.4. The average molecular weight is 953 g/mol. The van der Waals surface area contributed by atoms with E-state index in [4.69, 9.17) is 0 Å². The van der Waals surface area contributed by atoms with E-state index in [0.717, 1.165) is 17.1 Å². The average Bonchev–Trinajstić information content (AvgIpc) is 4.02. The zero-order valence-electron chi connectivity index (χ0n) is 40.5. The second-order valence-corrected chi connectivity index (χ2v) is 30.0. The van der Waals surface area contributed by atoms with Gasteiger partial charge in [0.25, 0.3) is 0 Å². The van der Waals surface area contributed by atoms with Crippen molar-refractivity contribution in [1.29, 1.82) is 0 Å². The third-order valence-corrected chi connectivity index (χ3v) is 26.2. The van der Waals surface area contributed by atoms with Crippen molar-refractivity contribution >= 4 is 86.1 Å². The van der Waals surface area contributed by atoms with Crippen molar-refractivity contribution in [3.8, 4) is 50.2 Å². The fraction of sp³-hybridized carbons (Fsp3) is 0.0294. The van der Waals surface area contributed by atoms with Gasteiger partial charge in [-0.25, -0.2) is 0 Å². The summed E-state index contributed by atoms with van der Waals surface area (Å²) in [7, 11) is -5.38. The third kappa shape index (κ3) is 6.39. The van der Waals surface area contributed by atoms with Crippen molar-refractivity contribution in [2.75, 3.05) is 4.90 Å². The molecule has 12 aromatic rings. The fourth-order valence-electron chi connectivity index (χ4n) is 13.2. The Morgan fingerprint density at radius 2 is 0.778 bits per heavy atom. The second-order valence-electron chi connectivity index (χ2n) is 20.7. The van der Waals surface area contributed by atoms with E-state index in [-0.39, 0.29) is 0 Å². The fourth-order valence-corrected chi connectivity index (χ4v) is 22.7. The van der Waals surface area contributed by atoms with Crippen LogP contribution in [0.2, 0.25) is 13.1 Å². The molecule has 2 aliphatic heterocycles. The monoisotopic (exact) mass is 952 g/mol. The molecule has 3 heterocycles. The van der Waals surface area contributed by atoms with Crippen LogP contribution in [-0.4, -0.2) is 20.7 Å². The third-order valence-electron chi connectivity index (χ3n) is 16.5. The molecule has 11 aromatic carbocycles. The molecule has 1 aromatic heterocycles. The van der Waals surface area contributed by atoms with Crippen LogP contribution in [0.5, 0.6) is 0 Å². The molecule has 14 rings (SSSR count). The molecule has 0 amide bonds. The van der Waals surface area contributed by atoms with Crippen LogP contribution < -0.4 is 36.0 Å². The summed E-state index contributed by atoms with van der Waals surface area (Å²) >= 11 is 0. The summed E-state index contributed by atoms with van der Waals surface area (Å²) in [6, 6.07) is 100. The van der Waals surface area contributed by atoms with Crippen molar-refractivity contribution < 1.29 is 0 Å². The molecule has 0 radical (unpaired) electrons. The summed E-state index contributed by atoms with van der Waals surface area (Å²) in [5.74, 6) is 0. The van der Waals surface area contributed by atoms with Crippen molar-refractivity contribution in [3.63, 3.8) is 0 Å². The van der Waals surface area contributed by atoms with E-state index in [2.05, 4.69) is 289 Å². The van der Waals surface area contributed by atoms with Crippen molar-refractivity contribution in [2.45, 2.75) is 13.1 Å². The number of fused-ring (bicyclic) bond motifs is 9. The molecule has 2 nitrogen and oxygen atoms in total. The molecule has 2 aliphatic rings. The van der Waals surface area contributed by atoms with E-state index >= 15 is 0 Å². The van der Waals surface area contributed by atoms with Gasteiger partial charge in [0.1, 0.15) is 0 Å². The molecule has 344 valence electrons. The van der Waals surface area contributed by atoms with Crippen LogP contribution in [0.4, 0.5) is 17.1 Å². The topological polar surface area (TPSA) is 8.17 Å². The molecular weight excluding hydrogens is 901 g/mol. The van der Waals surface area contributed by atoms with Crippen LogP contribution in [0.25, 0.3) is 72.0 Å². The molecule has 4 heteroatoms. The minimum atomic E-state index is -3.17. The number of hydrogen-bond donors (Lipinski definition) is 0. The zero-order chi connectivity index (χ0) is 48.0. The standard InChI is InChI=1S/C68H52N2Si2/c1-71(2)65-28-16-13-25-58(65)60-41-40-54(45-67(60)71)70-63-27-15-12-24-57(63)62-44-50(34-43-64(62)70)49-32-37-52(38-33-49)69(51-35-30-48(31-36-51)47-18-6-3-7-19-47)53-39-42-61-59-26-14-17-29-66(59)72(68(61)46-53,55-20-8-4-9-21-55)56-22-10-5-11-23-56/h3-46,71-72H,1-2H3/q-2. The van der Waals surface area contributed by atoms with Gasteiger partial charge in [-0.05, 0) is 0 Å². The van der Waals surface area contributed by atoms with Gasteiger partial charge in [-0.1, -0.05) is 0 Å². The first kappa shape index (κ1) is 42.3. The van der Waals surface area contributed by atoms with E-state index in [1.54, 1.807) is 10.4 Å². The molecule has 0 saturated heterocycles. The molecule has 0 unspecified atom stereocenters. The predicted molar refractivity (Wildman–Crippen MR) is 314 cm³/mol. The predicted octanol–water partition coefficient (Wildman–Crippen LogP) is 13.2. The Bertz CT molecular complexity index is 4010. The summed E-state index contributed by atoms with van der Waals surface area (Å²) in [6.07, 6.45) is 0. The molecule has 0 spiro atoms. The van der Waals surface area contributed by atoms with Crippen LogP contribution in [0.3, 0.4) is 0 Å². The Kier molecular flexibility index (Phi) is 9.72. The Morgan fingerprint density at radius 3 is 1.46 bits per heavy atom. The van der Waals surface area contributed by atoms with Gasteiger partial charge in [0.2, 0.25) is 0 Å². The summed E-state index contributed by atoms with van der Waals surface area (Å²) < 4.78 is 2.49. The maximum atomic E-state index is 2.53. The van der Waals surface area contributed by atoms with Crippen molar-refractivity contribution in [2.24, 2.45) is 0 Å². The van der Waals surface area contributed by atoms with E-state index in [0.29, 0.717) is 0 Å². The van der Waals surface area contributed by atoms with Gasteiger partial charge >= 0.3 is 426 Å². The number of benzene rings is 11. The van der Waals surface area contributed by atoms with Crippen LogP contribution in [0, 0.1) is 0 Å². The van der Waals surface area contributed by atoms with Crippen LogP contribution in [-0.2, 0) is 0 Å². The number of para-hydroxylation sites is 1. The number of nitrogens with zero attached hydrogens (tertiary/aromatic N) is 2.